The van der Waals surface area contributed by atoms with E-state index in [1.54, 1.807) is 18.2 Å². The van der Waals surface area contributed by atoms with E-state index in [0.29, 0.717) is 22.0 Å². The van der Waals surface area contributed by atoms with Gasteiger partial charge in [0.05, 0.1) is 17.6 Å². The molecule has 2 heterocycles. The zero-order chi connectivity index (χ0) is 19.7. The molecule has 2 amide bonds. The summed E-state index contributed by atoms with van der Waals surface area (Å²) < 4.78 is 6.26. The molecule has 5 nitrogen and oxygen atoms in total. The van der Waals surface area contributed by atoms with Crippen LogP contribution in [0.15, 0.2) is 42.5 Å². The maximum absolute atomic E-state index is 12.7. The summed E-state index contributed by atoms with van der Waals surface area (Å²) in [5.74, 6) is 0.243. The van der Waals surface area contributed by atoms with Gasteiger partial charge in [-0.2, -0.15) is 0 Å². The van der Waals surface area contributed by atoms with E-state index in [-0.39, 0.29) is 11.8 Å². The zero-order valence-electron chi connectivity index (χ0n) is 15.3. The normalized spacial score (nSPS) is 13.7. The summed E-state index contributed by atoms with van der Waals surface area (Å²) in [7, 11) is 1.51. The molecule has 1 fully saturated rings. The van der Waals surface area contributed by atoms with E-state index in [1.165, 1.54) is 18.4 Å². The average Bonchev–Trinajstić information content (AvgIpc) is 3.37. The number of amides is 2. The number of hydrogen-bond donors (Lipinski definition) is 1. The van der Waals surface area contributed by atoms with E-state index in [4.69, 9.17) is 16.3 Å². The average molecular weight is 415 g/mol. The van der Waals surface area contributed by atoms with E-state index in [0.717, 1.165) is 40.9 Å². The number of halogens is 1. The lowest BCUT2D eigenvalue weighted by Crippen LogP contribution is -2.26. The van der Waals surface area contributed by atoms with Crippen molar-refractivity contribution in [1.82, 2.24) is 4.90 Å². The van der Waals surface area contributed by atoms with Crippen molar-refractivity contribution < 1.29 is 14.3 Å². The number of carbonyl (C=O) groups is 2. The van der Waals surface area contributed by atoms with Crippen molar-refractivity contribution in [3.8, 4) is 5.75 Å². The van der Waals surface area contributed by atoms with Crippen LogP contribution in [0.25, 0.3) is 10.1 Å². The Bertz CT molecular complexity index is 1060. The molecule has 1 aromatic heterocycles. The van der Waals surface area contributed by atoms with Crippen molar-refractivity contribution in [3.05, 3.63) is 57.9 Å². The molecule has 0 unspecified atom stereocenters. The Labute approximate surface area is 171 Å². The van der Waals surface area contributed by atoms with Crippen molar-refractivity contribution in [2.24, 2.45) is 0 Å². The second-order valence-electron chi connectivity index (χ2n) is 6.66. The Morgan fingerprint density at radius 1 is 1.11 bits per heavy atom. The molecule has 144 valence electrons. The fraction of sp³-hybridized carbons (Fsp3) is 0.238. The monoisotopic (exact) mass is 414 g/mol. The van der Waals surface area contributed by atoms with Crippen molar-refractivity contribution in [3.63, 3.8) is 0 Å². The molecule has 0 bridgehead atoms. The smallest absolute Gasteiger partial charge is 0.263 e. The summed E-state index contributed by atoms with van der Waals surface area (Å²) >= 11 is 7.50. The largest absolute Gasteiger partial charge is 0.496 e. The Balaban J connectivity index is 1.57. The van der Waals surface area contributed by atoms with Gasteiger partial charge in [0.1, 0.15) is 5.75 Å². The van der Waals surface area contributed by atoms with Gasteiger partial charge in [0, 0.05) is 28.5 Å². The number of thiophene rings is 1. The van der Waals surface area contributed by atoms with Gasteiger partial charge in [-0.25, -0.2) is 0 Å². The highest BCUT2D eigenvalue weighted by Crippen LogP contribution is 2.30. The third-order valence-corrected chi connectivity index (χ3v) is 6.12. The lowest BCUT2D eigenvalue weighted by molar-refractivity contribution is 0.0797. The number of rotatable bonds is 4. The van der Waals surface area contributed by atoms with E-state index in [2.05, 4.69) is 5.32 Å². The molecule has 1 aliphatic rings. The number of nitrogens with zero attached hydrogens (tertiary/aromatic N) is 1. The maximum atomic E-state index is 12.7. The molecule has 0 saturated carbocycles. The number of hydrogen-bond acceptors (Lipinski definition) is 4. The topological polar surface area (TPSA) is 58.6 Å². The third kappa shape index (κ3) is 3.70. The molecular weight excluding hydrogens is 396 g/mol. The maximum Gasteiger partial charge on any atom is 0.263 e. The van der Waals surface area contributed by atoms with Gasteiger partial charge in [0.25, 0.3) is 11.8 Å². The number of nitrogens with one attached hydrogen (secondary N) is 1. The van der Waals surface area contributed by atoms with Gasteiger partial charge in [-0.3, -0.25) is 9.59 Å². The zero-order valence-corrected chi connectivity index (χ0v) is 16.9. The fourth-order valence-corrected chi connectivity index (χ4v) is 4.54. The van der Waals surface area contributed by atoms with Gasteiger partial charge in [0.15, 0.2) is 0 Å². The third-order valence-electron chi connectivity index (χ3n) is 4.78. The quantitative estimate of drug-likeness (QED) is 0.649. The minimum absolute atomic E-state index is 0.0907. The van der Waals surface area contributed by atoms with Crippen LogP contribution in [0.4, 0.5) is 5.69 Å². The van der Waals surface area contributed by atoms with Gasteiger partial charge in [-0.1, -0.05) is 11.6 Å². The number of methoxy groups -OCH3 is 1. The van der Waals surface area contributed by atoms with Crippen molar-refractivity contribution in [2.45, 2.75) is 12.8 Å². The number of likely N-dealkylation sites (tertiary alicyclic amines) is 1. The molecule has 1 N–H and O–H groups in total. The van der Waals surface area contributed by atoms with Gasteiger partial charge in [-0.05, 0) is 60.7 Å². The number of anilines is 1. The molecule has 28 heavy (non-hydrogen) atoms. The molecule has 0 aliphatic carbocycles. The molecule has 1 aliphatic heterocycles. The van der Waals surface area contributed by atoms with Crippen LogP contribution in [-0.4, -0.2) is 36.9 Å². The first-order valence-corrected chi connectivity index (χ1v) is 10.2. The number of benzene rings is 2. The summed E-state index contributed by atoms with van der Waals surface area (Å²) in [6.07, 6.45) is 2.14. The second kappa shape index (κ2) is 7.81. The predicted molar refractivity (Wildman–Crippen MR) is 113 cm³/mol. The summed E-state index contributed by atoms with van der Waals surface area (Å²) in [6, 6.07) is 12.4. The Kier molecular flexibility index (Phi) is 5.24. The highest BCUT2D eigenvalue weighted by atomic mass is 35.5. The van der Waals surface area contributed by atoms with Crippen LogP contribution in [-0.2, 0) is 0 Å². The van der Waals surface area contributed by atoms with Crippen LogP contribution < -0.4 is 10.1 Å². The van der Waals surface area contributed by atoms with Crippen LogP contribution in [0.3, 0.4) is 0 Å². The van der Waals surface area contributed by atoms with Crippen LogP contribution in [0, 0.1) is 0 Å². The lowest BCUT2D eigenvalue weighted by atomic mass is 10.1. The molecule has 0 atom stereocenters. The number of carbonyl (C=O) groups excluding carboxylic acids is 2. The van der Waals surface area contributed by atoms with E-state index >= 15 is 0 Å². The molecule has 2 aromatic carbocycles. The Morgan fingerprint density at radius 3 is 2.64 bits per heavy atom. The molecule has 7 heteroatoms. The standard InChI is InChI=1S/C21H19ClN2O3S/c1-27-17-6-4-14(22)12-16(17)20(25)23-15-5-7-18-13(10-15)11-19(28-18)21(26)24-8-2-3-9-24/h4-7,10-12H,2-3,8-9H2,1H3,(H,23,25). The fourth-order valence-electron chi connectivity index (χ4n) is 3.36. The summed E-state index contributed by atoms with van der Waals surface area (Å²) in [5, 5.41) is 4.27. The minimum Gasteiger partial charge on any atom is -0.496 e. The lowest BCUT2D eigenvalue weighted by Gasteiger charge is -2.13. The molecule has 4 rings (SSSR count). The molecule has 3 aromatic rings. The highest BCUT2D eigenvalue weighted by molar-refractivity contribution is 7.20. The van der Waals surface area contributed by atoms with E-state index < -0.39 is 0 Å². The number of ether oxygens (including phenoxy) is 1. The van der Waals surface area contributed by atoms with Gasteiger partial charge < -0.3 is 15.0 Å². The van der Waals surface area contributed by atoms with Crippen LogP contribution in [0.1, 0.15) is 32.9 Å². The Morgan fingerprint density at radius 2 is 1.89 bits per heavy atom. The summed E-state index contributed by atoms with van der Waals surface area (Å²) in [4.78, 5) is 27.9. The van der Waals surface area contributed by atoms with Gasteiger partial charge in [-0.15, -0.1) is 11.3 Å². The first kappa shape index (κ1) is 18.8. The van der Waals surface area contributed by atoms with Crippen LogP contribution in [0.5, 0.6) is 5.75 Å². The molecule has 0 radical (unpaired) electrons. The highest BCUT2D eigenvalue weighted by Gasteiger charge is 2.21. The minimum atomic E-state index is -0.303. The SMILES string of the molecule is COc1ccc(Cl)cc1C(=O)Nc1ccc2sc(C(=O)N3CCCC3)cc2c1. The summed E-state index contributed by atoms with van der Waals surface area (Å²) in [6.45, 7) is 1.66. The molecular formula is C21H19ClN2O3S. The predicted octanol–water partition coefficient (Wildman–Crippen LogP) is 5.05. The summed E-state index contributed by atoms with van der Waals surface area (Å²) in [5.41, 5.74) is 1.02. The number of fused-ring (bicyclic) bond motifs is 1. The van der Waals surface area contributed by atoms with Crippen LogP contribution >= 0.6 is 22.9 Å². The second-order valence-corrected chi connectivity index (χ2v) is 8.18. The molecule has 1 saturated heterocycles. The molecule has 0 spiro atoms. The van der Waals surface area contributed by atoms with Crippen LogP contribution in [0.2, 0.25) is 5.02 Å². The van der Waals surface area contributed by atoms with E-state index in [1.807, 2.05) is 29.2 Å². The van der Waals surface area contributed by atoms with Gasteiger partial charge >= 0.3 is 0 Å². The first-order valence-electron chi connectivity index (χ1n) is 9.03. The first-order chi connectivity index (χ1) is 13.5. The van der Waals surface area contributed by atoms with Crippen molar-refractivity contribution in [2.75, 3.05) is 25.5 Å². The van der Waals surface area contributed by atoms with Crippen molar-refractivity contribution in [1.29, 1.82) is 0 Å². The van der Waals surface area contributed by atoms with Gasteiger partial charge in [0.2, 0.25) is 0 Å². The van der Waals surface area contributed by atoms with E-state index in [9.17, 15) is 9.59 Å². The Hall–Kier alpha value is -2.57. The van der Waals surface area contributed by atoms with Crippen molar-refractivity contribution >= 4 is 50.5 Å².